The summed E-state index contributed by atoms with van der Waals surface area (Å²) in [6.45, 7) is 11.5. The van der Waals surface area contributed by atoms with Gasteiger partial charge in [-0.1, -0.05) is 111 Å². The summed E-state index contributed by atoms with van der Waals surface area (Å²) in [6.07, 6.45) is 3.71. The topological polar surface area (TPSA) is 241 Å². The molecule has 4 aromatic carbocycles. The van der Waals surface area contributed by atoms with Crippen LogP contribution in [0.5, 0.6) is 23.3 Å². The van der Waals surface area contributed by atoms with Crippen molar-refractivity contribution in [2.24, 2.45) is 10.8 Å². The fourth-order valence-corrected chi connectivity index (χ4v) is 12.3. The van der Waals surface area contributed by atoms with Crippen molar-refractivity contribution in [1.29, 1.82) is 0 Å². The molecular formula is C62H59BF2N10NaO9S2. The van der Waals surface area contributed by atoms with E-state index in [0.717, 1.165) is 59.5 Å². The Labute approximate surface area is 533 Å². The molecule has 4 aromatic heterocycles. The third kappa shape index (κ3) is 12.9. The zero-order valence-electron chi connectivity index (χ0n) is 49.6. The molecule has 0 spiro atoms. The molecule has 87 heavy (non-hydrogen) atoms. The van der Waals surface area contributed by atoms with Gasteiger partial charge in [0.15, 0.2) is 0 Å². The molecule has 3 N–H and O–H groups in total. The number of hydrogen-bond donors (Lipinski definition) is 3. The number of halogens is 2. The van der Waals surface area contributed by atoms with Gasteiger partial charge in [0.1, 0.15) is 28.1 Å². The Morgan fingerprint density at radius 2 is 1.06 bits per heavy atom. The molecule has 2 fully saturated rings. The summed E-state index contributed by atoms with van der Waals surface area (Å²) in [5, 5.41) is 31.5. The zero-order valence-corrected chi connectivity index (χ0v) is 52.2. The molecule has 2 saturated heterocycles. The van der Waals surface area contributed by atoms with Crippen LogP contribution in [0.25, 0.3) is 22.5 Å². The van der Waals surface area contributed by atoms with Crippen LogP contribution in [0.2, 0.25) is 0 Å². The molecule has 8 aromatic rings. The predicted octanol–water partition coefficient (Wildman–Crippen LogP) is 8.16. The number of amides is 4. The van der Waals surface area contributed by atoms with Gasteiger partial charge in [-0.25, -0.2) is 23.5 Å². The van der Waals surface area contributed by atoms with Gasteiger partial charge in [0, 0.05) is 79.8 Å². The van der Waals surface area contributed by atoms with Gasteiger partial charge in [-0.2, -0.15) is 0 Å². The maximum absolute atomic E-state index is 15.2. The van der Waals surface area contributed by atoms with E-state index in [-0.39, 0.29) is 97.5 Å². The molecule has 4 amide bonds. The minimum absolute atomic E-state index is 0. The van der Waals surface area contributed by atoms with Gasteiger partial charge in [0.05, 0.1) is 46.6 Å². The fourth-order valence-electron chi connectivity index (χ4n) is 11.1. The van der Waals surface area contributed by atoms with Crippen molar-refractivity contribution in [2.75, 3.05) is 43.4 Å². The van der Waals surface area contributed by atoms with E-state index in [1.165, 1.54) is 24.3 Å². The van der Waals surface area contributed by atoms with Gasteiger partial charge < -0.3 is 41.2 Å². The monoisotopic (exact) mass is 1220 g/mol. The first-order valence-corrected chi connectivity index (χ1v) is 29.4. The number of hydrogen-bond acceptors (Lipinski definition) is 17. The van der Waals surface area contributed by atoms with Gasteiger partial charge in [0.2, 0.25) is 38.8 Å². The van der Waals surface area contributed by atoms with Gasteiger partial charge in [-0.15, -0.1) is 20.4 Å². The van der Waals surface area contributed by atoms with Gasteiger partial charge in [0.25, 0.3) is 11.8 Å². The van der Waals surface area contributed by atoms with Crippen LogP contribution < -0.4 is 49.7 Å². The first kappa shape index (κ1) is 63.6. The van der Waals surface area contributed by atoms with Crippen LogP contribution in [-0.2, 0) is 20.9 Å². The summed E-state index contributed by atoms with van der Waals surface area (Å²) in [6, 6.07) is 31.1. The summed E-state index contributed by atoms with van der Waals surface area (Å²) in [4.78, 5) is 77.7. The molecule has 0 aliphatic carbocycles. The molecule has 3 radical (unpaired) electrons. The van der Waals surface area contributed by atoms with E-state index < -0.39 is 40.3 Å². The number of carbonyl (C=O) groups is 5. The first-order valence-electron chi connectivity index (χ1n) is 27.7. The largest absolute Gasteiger partial charge is 1.00 e. The van der Waals surface area contributed by atoms with E-state index in [1.54, 1.807) is 41.0 Å². The van der Waals surface area contributed by atoms with Gasteiger partial charge >= 0.3 is 35.5 Å². The van der Waals surface area contributed by atoms with Crippen molar-refractivity contribution in [3.63, 3.8) is 0 Å². The number of pyridine rings is 2. The van der Waals surface area contributed by atoms with E-state index in [2.05, 4.69) is 31.0 Å². The minimum Gasteiger partial charge on any atom is -1.00 e. The number of likely N-dealkylation sites (tertiary alicyclic amines) is 2. The normalized spacial score (nSPS) is 15.5. The van der Waals surface area contributed by atoms with E-state index >= 15 is 8.78 Å². The van der Waals surface area contributed by atoms with Crippen LogP contribution in [-0.4, -0.2) is 116 Å². The molecule has 0 bridgehead atoms. The summed E-state index contributed by atoms with van der Waals surface area (Å²) in [5.41, 5.74) is 3.03. The summed E-state index contributed by atoms with van der Waals surface area (Å²) < 4.78 is 47.6. The number of esters is 1. The van der Waals surface area contributed by atoms with E-state index in [9.17, 15) is 29.1 Å². The molecule has 0 unspecified atom stereocenters. The number of para-hydroxylation sites is 2. The van der Waals surface area contributed by atoms with Crippen molar-refractivity contribution in [3.05, 3.63) is 164 Å². The SMILES string of the molecule is CC(C)(C(=O)Nc1nnc(CO)s1)[C@H]1c2ccccc2Oc2nc(-c3ccc(C(=O)N4CCCC4)c(F)c3)ccc21.CCOC(=O)c1nnc(NC(=O)C(C)(C)[C@H]2c3ccccc3Oc3nc(-c4ccc(C(=O)N5CCCC5)c(F)c4)ccc32)s1.[B].[H-].[Na+]. The fraction of sp³-hybridized carbons (Fsp3) is 0.306. The molecule has 4 aliphatic heterocycles. The number of fused-ring (bicyclic) bond motifs is 4. The number of nitrogens with zero attached hydrogens (tertiary/aromatic N) is 8. The number of aliphatic hydroxyl groups excluding tert-OH is 1. The Morgan fingerprint density at radius 1 is 0.621 bits per heavy atom. The molecule has 4 aliphatic rings. The number of benzene rings is 4. The Balaban J connectivity index is 0.000000221. The molecule has 12 rings (SSSR count). The van der Waals surface area contributed by atoms with Crippen LogP contribution in [0.15, 0.2) is 109 Å². The number of anilines is 2. The second-order valence-corrected chi connectivity index (χ2v) is 23.9. The first-order chi connectivity index (χ1) is 40.9. The number of ether oxygens (including phenoxy) is 3. The van der Waals surface area contributed by atoms with Crippen LogP contribution in [0.1, 0.15) is 131 Å². The van der Waals surface area contributed by atoms with Crippen LogP contribution in [0.4, 0.5) is 19.0 Å². The van der Waals surface area contributed by atoms with Crippen molar-refractivity contribution in [3.8, 4) is 45.8 Å². The van der Waals surface area contributed by atoms with E-state index in [4.69, 9.17) is 24.2 Å². The van der Waals surface area contributed by atoms with Crippen molar-refractivity contribution in [2.45, 2.75) is 78.7 Å². The predicted molar refractivity (Wildman–Crippen MR) is 320 cm³/mol. The van der Waals surface area contributed by atoms with Crippen molar-refractivity contribution >= 4 is 70.9 Å². The maximum Gasteiger partial charge on any atom is 1.00 e. The third-order valence-electron chi connectivity index (χ3n) is 15.6. The number of rotatable bonds is 13. The molecule has 25 heteroatoms. The number of carbonyl (C=O) groups excluding carboxylic acids is 5. The molecular weight excluding hydrogens is 1160 g/mol. The van der Waals surface area contributed by atoms with Gasteiger partial charge in [-0.05, 0) is 81.1 Å². The van der Waals surface area contributed by atoms with Crippen LogP contribution in [0, 0.1) is 22.5 Å². The second-order valence-electron chi connectivity index (χ2n) is 21.9. The smallest absolute Gasteiger partial charge is 1.00 e. The Morgan fingerprint density at radius 3 is 1.48 bits per heavy atom. The number of aromatic nitrogens is 6. The summed E-state index contributed by atoms with van der Waals surface area (Å²) >= 11 is 2.04. The minimum atomic E-state index is -1.04. The molecule has 0 saturated carbocycles. The zero-order chi connectivity index (χ0) is 59.7. The number of aliphatic hydroxyl groups is 1. The number of nitrogens with one attached hydrogen (secondary N) is 2. The Kier molecular flexibility index (Phi) is 19.5. The second kappa shape index (κ2) is 26.6. The standard InChI is InChI=1S/C32H30FN5O5S.C30H28FN5O4S.B.Na.H/c1-4-42-29(40)27-36-37-31(44-27)35-30(41)32(2,3)25-20-9-5-6-10-24(20)43-26-21(25)13-14-23(34-26)18-11-12-19(22(33)17-18)28(39)38-15-7-8-16-38;1-30(2,28(39)33-29-35-34-24(16-37)41-29)25-19-7-3-4-8-23(19)40-26-20(25)11-12-22(32-26)17-9-10-18(21(31)15-17)27(38)36-13-5-6-14-36;;;/h5-6,9-14,17,25H,4,7-8,15-16H2,1-3H3,(H,35,37,41);3-4,7-12,15,25,37H,5-6,13-14,16H2,1-2H3,(H,33,35,39);;;/q;;;+1;-1/t2*25-;;;/m00.../s1. The van der Waals surface area contributed by atoms with Crippen LogP contribution in [0.3, 0.4) is 0 Å². The van der Waals surface area contributed by atoms with Crippen LogP contribution >= 0.6 is 22.7 Å². The maximum atomic E-state index is 15.2. The Bertz CT molecular complexity index is 3940. The average molecular weight is 1220 g/mol. The molecule has 8 heterocycles. The molecule has 441 valence electrons. The Hall–Kier alpha value is -7.87. The van der Waals surface area contributed by atoms with E-state index in [0.29, 0.717) is 93.2 Å². The van der Waals surface area contributed by atoms with E-state index in [1.807, 2.05) is 88.4 Å². The summed E-state index contributed by atoms with van der Waals surface area (Å²) in [7, 11) is 0. The van der Waals surface area contributed by atoms with Crippen molar-refractivity contribution in [1.82, 2.24) is 40.2 Å². The van der Waals surface area contributed by atoms with Crippen molar-refractivity contribution < 1.29 is 83.1 Å². The summed E-state index contributed by atoms with van der Waals surface area (Å²) in [5.74, 6) is -2.19. The van der Waals surface area contributed by atoms with Gasteiger partial charge in [-0.3, -0.25) is 19.2 Å². The molecule has 2 atom stereocenters. The molecule has 19 nitrogen and oxygen atoms in total. The average Bonchev–Trinajstić information content (AvgIpc) is 0.934. The third-order valence-corrected chi connectivity index (χ3v) is 17.2. The quantitative estimate of drug-likeness (QED) is 0.0729.